The van der Waals surface area contributed by atoms with Crippen LogP contribution in [0.2, 0.25) is 0 Å². The molecule has 2 rings (SSSR count). The van der Waals surface area contributed by atoms with Crippen molar-refractivity contribution < 1.29 is 0 Å². The van der Waals surface area contributed by atoms with Gasteiger partial charge in [0.25, 0.3) is 0 Å². The van der Waals surface area contributed by atoms with Gasteiger partial charge in [-0.15, -0.1) is 0 Å². The first-order valence-electron chi connectivity index (χ1n) is 6.23. The van der Waals surface area contributed by atoms with Crippen molar-refractivity contribution in [1.82, 2.24) is 0 Å². The Balaban J connectivity index is 2.14. The van der Waals surface area contributed by atoms with Gasteiger partial charge in [-0.3, -0.25) is 4.99 Å². The van der Waals surface area contributed by atoms with Gasteiger partial charge >= 0.3 is 0 Å². The minimum atomic E-state index is 0.324. The Kier molecular flexibility index (Phi) is 3.88. The van der Waals surface area contributed by atoms with Crippen molar-refractivity contribution in [3.63, 3.8) is 0 Å². The molecule has 0 aliphatic heterocycles. The van der Waals surface area contributed by atoms with Gasteiger partial charge in [0.15, 0.2) is 0 Å². The maximum Gasteiger partial charge on any atom is 0.0638 e. The highest BCUT2D eigenvalue weighted by Gasteiger charge is 2.00. The molecule has 0 unspecified atom stereocenters. The highest BCUT2D eigenvalue weighted by molar-refractivity contribution is 6.19. The zero-order valence-electron chi connectivity index (χ0n) is 11.1. The van der Waals surface area contributed by atoms with Gasteiger partial charge < -0.3 is 0 Å². The highest BCUT2D eigenvalue weighted by atomic mass is 14.8. The van der Waals surface area contributed by atoms with Gasteiger partial charge in [-0.05, 0) is 57.2 Å². The molecule has 2 nitrogen and oxygen atoms in total. The molecule has 0 heterocycles. The Morgan fingerprint density at radius 2 is 1.39 bits per heavy atom. The lowest BCUT2D eigenvalue weighted by molar-refractivity contribution is 0.838. The summed E-state index contributed by atoms with van der Waals surface area (Å²) in [5, 5.41) is 0. The molecular weight excluding hydrogens is 220 g/mol. The Morgan fingerprint density at radius 1 is 0.833 bits per heavy atom. The number of aryl methyl sites for hydroxylation is 1. The van der Waals surface area contributed by atoms with Crippen molar-refractivity contribution in [2.45, 2.75) is 26.8 Å². The minimum absolute atomic E-state index is 0.324. The third kappa shape index (κ3) is 3.52. The van der Waals surface area contributed by atoms with E-state index in [-0.39, 0.29) is 0 Å². The standard InChI is InChI=1S/C16H18N2/c1-12(2)17-14-8-10-16(11-9-14)18-15-6-4-13(3)5-7-15/h4-12H,1-3H3. The number of aliphatic imine (C=N–C) groups is 2. The van der Waals surface area contributed by atoms with Crippen LogP contribution in [0.15, 0.2) is 58.6 Å². The fraction of sp³-hybridized carbons (Fsp3) is 0.250. The zero-order valence-corrected chi connectivity index (χ0v) is 11.1. The molecule has 18 heavy (non-hydrogen) atoms. The molecule has 0 aromatic heterocycles. The third-order valence-corrected chi connectivity index (χ3v) is 2.55. The maximum atomic E-state index is 4.56. The summed E-state index contributed by atoms with van der Waals surface area (Å²) in [4.78, 5) is 9.04. The molecule has 0 amide bonds. The second-order valence-corrected chi connectivity index (χ2v) is 4.69. The lowest BCUT2D eigenvalue weighted by atomic mass is 10.1. The van der Waals surface area contributed by atoms with E-state index in [1.807, 2.05) is 36.4 Å². The summed E-state index contributed by atoms with van der Waals surface area (Å²) in [5.74, 6) is 0. The number of hydrogen-bond acceptors (Lipinski definition) is 2. The Morgan fingerprint density at radius 3 is 1.94 bits per heavy atom. The van der Waals surface area contributed by atoms with Crippen LogP contribution in [0, 0.1) is 6.92 Å². The molecule has 0 atom stereocenters. The first-order chi connectivity index (χ1) is 8.63. The molecule has 0 spiro atoms. The average Bonchev–Trinajstić information content (AvgIpc) is 2.34. The molecule has 0 saturated carbocycles. The van der Waals surface area contributed by atoms with E-state index in [1.54, 1.807) is 0 Å². The van der Waals surface area contributed by atoms with Gasteiger partial charge in [0, 0.05) is 6.04 Å². The Labute approximate surface area is 108 Å². The van der Waals surface area contributed by atoms with E-state index in [9.17, 15) is 0 Å². The van der Waals surface area contributed by atoms with Crippen molar-refractivity contribution in [3.8, 4) is 0 Å². The average molecular weight is 238 g/mol. The lowest BCUT2D eigenvalue weighted by Gasteiger charge is -2.04. The van der Waals surface area contributed by atoms with E-state index < -0.39 is 0 Å². The van der Waals surface area contributed by atoms with E-state index in [0.29, 0.717) is 6.04 Å². The van der Waals surface area contributed by atoms with E-state index in [0.717, 1.165) is 17.1 Å². The summed E-state index contributed by atoms with van der Waals surface area (Å²) < 4.78 is 0. The zero-order chi connectivity index (χ0) is 13.0. The van der Waals surface area contributed by atoms with Gasteiger partial charge in [-0.25, -0.2) is 4.99 Å². The highest BCUT2D eigenvalue weighted by Crippen LogP contribution is 2.14. The van der Waals surface area contributed by atoms with Crippen molar-refractivity contribution in [2.75, 3.05) is 0 Å². The first kappa shape index (κ1) is 12.5. The third-order valence-electron chi connectivity index (χ3n) is 2.55. The summed E-state index contributed by atoms with van der Waals surface area (Å²) in [6.45, 7) is 6.22. The number of hydrogen-bond donors (Lipinski definition) is 0. The molecule has 2 heteroatoms. The molecule has 0 bridgehead atoms. The van der Waals surface area contributed by atoms with Crippen LogP contribution in [-0.2, 0) is 0 Å². The van der Waals surface area contributed by atoms with Crippen LogP contribution in [0.3, 0.4) is 0 Å². The molecule has 1 aromatic carbocycles. The number of allylic oxidation sites excluding steroid dienone is 4. The molecule has 1 aliphatic carbocycles. The number of nitrogens with zero attached hydrogens (tertiary/aromatic N) is 2. The fourth-order valence-corrected chi connectivity index (χ4v) is 1.68. The number of rotatable bonds is 2. The second-order valence-electron chi connectivity index (χ2n) is 4.69. The molecule has 0 saturated heterocycles. The maximum absolute atomic E-state index is 4.56. The van der Waals surface area contributed by atoms with Crippen LogP contribution in [0.1, 0.15) is 19.4 Å². The molecule has 0 fully saturated rings. The number of benzene rings is 1. The van der Waals surface area contributed by atoms with E-state index in [2.05, 4.69) is 42.9 Å². The van der Waals surface area contributed by atoms with Crippen molar-refractivity contribution in [1.29, 1.82) is 0 Å². The summed E-state index contributed by atoms with van der Waals surface area (Å²) in [6, 6.07) is 8.52. The molecule has 1 aromatic rings. The molecule has 0 N–H and O–H groups in total. The van der Waals surface area contributed by atoms with Gasteiger partial charge in [0.05, 0.1) is 17.1 Å². The Hall–Kier alpha value is -1.96. The lowest BCUT2D eigenvalue weighted by Crippen LogP contribution is -2.02. The van der Waals surface area contributed by atoms with Crippen LogP contribution in [0.4, 0.5) is 5.69 Å². The fourth-order valence-electron chi connectivity index (χ4n) is 1.68. The summed E-state index contributed by atoms with van der Waals surface area (Å²) in [6.07, 6.45) is 8.02. The van der Waals surface area contributed by atoms with Crippen LogP contribution >= 0.6 is 0 Å². The molecular formula is C16H18N2. The Bertz CT molecular complexity index is 511. The van der Waals surface area contributed by atoms with Gasteiger partial charge in [-0.1, -0.05) is 17.7 Å². The quantitative estimate of drug-likeness (QED) is 0.695. The predicted octanol–water partition coefficient (Wildman–Crippen LogP) is 4.04. The summed E-state index contributed by atoms with van der Waals surface area (Å²) in [7, 11) is 0. The van der Waals surface area contributed by atoms with Crippen LogP contribution in [0.25, 0.3) is 0 Å². The van der Waals surface area contributed by atoms with Crippen molar-refractivity contribution >= 4 is 17.1 Å². The van der Waals surface area contributed by atoms with Crippen LogP contribution in [0.5, 0.6) is 0 Å². The van der Waals surface area contributed by atoms with Gasteiger partial charge in [0.1, 0.15) is 0 Å². The monoisotopic (exact) mass is 238 g/mol. The minimum Gasteiger partial charge on any atom is -0.283 e. The van der Waals surface area contributed by atoms with Crippen LogP contribution < -0.4 is 0 Å². The molecule has 92 valence electrons. The molecule has 0 radical (unpaired) electrons. The smallest absolute Gasteiger partial charge is 0.0638 e. The molecule has 1 aliphatic rings. The van der Waals surface area contributed by atoms with Gasteiger partial charge in [0.2, 0.25) is 0 Å². The summed E-state index contributed by atoms with van der Waals surface area (Å²) >= 11 is 0. The van der Waals surface area contributed by atoms with Crippen molar-refractivity contribution in [2.24, 2.45) is 9.98 Å². The van der Waals surface area contributed by atoms with E-state index >= 15 is 0 Å². The largest absolute Gasteiger partial charge is 0.283 e. The normalized spacial score (nSPS) is 14.2. The first-order valence-corrected chi connectivity index (χ1v) is 6.23. The second kappa shape index (κ2) is 5.58. The topological polar surface area (TPSA) is 24.7 Å². The predicted molar refractivity (Wildman–Crippen MR) is 79.1 cm³/mol. The van der Waals surface area contributed by atoms with Crippen molar-refractivity contribution in [3.05, 3.63) is 54.1 Å². The van der Waals surface area contributed by atoms with Crippen LogP contribution in [-0.4, -0.2) is 17.5 Å². The van der Waals surface area contributed by atoms with Gasteiger partial charge in [-0.2, -0.15) is 0 Å². The van der Waals surface area contributed by atoms with E-state index in [1.165, 1.54) is 5.56 Å². The summed E-state index contributed by atoms with van der Waals surface area (Å²) in [5.41, 5.74) is 4.20. The van der Waals surface area contributed by atoms with E-state index in [4.69, 9.17) is 0 Å². The SMILES string of the molecule is Cc1ccc(N=C2C=CC(=NC(C)C)C=C2)cc1.